The Morgan fingerprint density at radius 1 is 0.812 bits per heavy atom. The number of fused-ring (bicyclic) bond motifs is 1. The van der Waals surface area contributed by atoms with Crippen LogP contribution in [0.15, 0.2) is 55.1 Å². The van der Waals surface area contributed by atoms with Crippen LogP contribution in [0.4, 0.5) is 0 Å². The van der Waals surface area contributed by atoms with Crippen LogP contribution in [0.25, 0.3) is 22.2 Å². The second-order valence-corrected chi connectivity index (χ2v) is 3.48. The van der Waals surface area contributed by atoms with Gasteiger partial charge in [0.05, 0.1) is 11.4 Å². The zero-order valence-corrected chi connectivity index (χ0v) is 8.54. The topological polar surface area (TPSA) is 38.7 Å². The van der Waals surface area contributed by atoms with Crippen LogP contribution >= 0.6 is 0 Å². The van der Waals surface area contributed by atoms with Crippen molar-refractivity contribution in [1.29, 1.82) is 0 Å². The van der Waals surface area contributed by atoms with Gasteiger partial charge >= 0.3 is 0 Å². The Balaban J connectivity index is 2.32. The highest BCUT2D eigenvalue weighted by molar-refractivity contribution is 5.93. The third kappa shape index (κ3) is 1.42. The minimum Gasteiger partial charge on any atom is -0.254 e. The van der Waals surface area contributed by atoms with Gasteiger partial charge in [-0.2, -0.15) is 0 Å². The zero-order valence-electron chi connectivity index (χ0n) is 8.54. The molecule has 0 saturated heterocycles. The molecule has 0 saturated carbocycles. The van der Waals surface area contributed by atoms with Crippen molar-refractivity contribution in [3.05, 3.63) is 55.1 Å². The summed E-state index contributed by atoms with van der Waals surface area (Å²) in [4.78, 5) is 12.5. The van der Waals surface area contributed by atoms with Crippen LogP contribution in [0.5, 0.6) is 0 Å². The second kappa shape index (κ2) is 3.70. The van der Waals surface area contributed by atoms with Crippen molar-refractivity contribution in [2.24, 2.45) is 0 Å². The number of rotatable bonds is 1. The molecule has 3 rings (SSSR count). The van der Waals surface area contributed by atoms with E-state index in [0.29, 0.717) is 0 Å². The largest absolute Gasteiger partial charge is 0.254 e. The molecule has 0 amide bonds. The van der Waals surface area contributed by atoms with Crippen LogP contribution in [0.1, 0.15) is 0 Å². The van der Waals surface area contributed by atoms with Crippen molar-refractivity contribution in [2.75, 3.05) is 0 Å². The average Bonchev–Trinajstić information content (AvgIpc) is 2.39. The highest BCUT2D eigenvalue weighted by Crippen LogP contribution is 2.23. The standard InChI is InChI=1S/C13H9N3/c1-2-4-11-10(3-1)5-8-15-13(11)12-6-7-14-9-16-12/h1-9H. The van der Waals surface area contributed by atoms with Gasteiger partial charge in [0.1, 0.15) is 6.33 Å². The molecule has 0 fully saturated rings. The van der Waals surface area contributed by atoms with E-state index < -0.39 is 0 Å². The SMILES string of the molecule is c1ccc2c(-c3ccncn3)nccc2c1. The number of pyridine rings is 1. The molecule has 76 valence electrons. The molecule has 0 atom stereocenters. The summed E-state index contributed by atoms with van der Waals surface area (Å²) in [7, 11) is 0. The van der Waals surface area contributed by atoms with Crippen molar-refractivity contribution in [1.82, 2.24) is 15.0 Å². The first-order valence-corrected chi connectivity index (χ1v) is 5.05. The Morgan fingerprint density at radius 2 is 1.75 bits per heavy atom. The first-order chi connectivity index (χ1) is 7.95. The maximum atomic E-state index is 4.39. The molecule has 1 aromatic carbocycles. The van der Waals surface area contributed by atoms with Crippen LogP contribution in [0, 0.1) is 0 Å². The van der Waals surface area contributed by atoms with Gasteiger partial charge in [-0.15, -0.1) is 0 Å². The fourth-order valence-corrected chi connectivity index (χ4v) is 1.75. The number of benzene rings is 1. The number of hydrogen-bond acceptors (Lipinski definition) is 3. The number of nitrogens with zero attached hydrogens (tertiary/aromatic N) is 3. The van der Waals surface area contributed by atoms with E-state index in [2.05, 4.69) is 27.1 Å². The minimum absolute atomic E-state index is 0.854. The Morgan fingerprint density at radius 3 is 2.62 bits per heavy atom. The molecule has 16 heavy (non-hydrogen) atoms. The lowest BCUT2D eigenvalue weighted by Crippen LogP contribution is -1.88. The van der Waals surface area contributed by atoms with E-state index in [1.807, 2.05) is 24.3 Å². The summed E-state index contributed by atoms with van der Waals surface area (Å²) >= 11 is 0. The highest BCUT2D eigenvalue weighted by atomic mass is 14.8. The van der Waals surface area contributed by atoms with Crippen molar-refractivity contribution >= 4 is 10.8 Å². The fourth-order valence-electron chi connectivity index (χ4n) is 1.75. The molecule has 2 heterocycles. The summed E-state index contributed by atoms with van der Waals surface area (Å²) in [6, 6.07) is 12.0. The molecule has 0 radical (unpaired) electrons. The van der Waals surface area contributed by atoms with Crippen LogP contribution in [0.2, 0.25) is 0 Å². The maximum Gasteiger partial charge on any atom is 0.116 e. The van der Waals surface area contributed by atoms with Crippen LogP contribution < -0.4 is 0 Å². The van der Waals surface area contributed by atoms with Gasteiger partial charge in [-0.3, -0.25) is 4.98 Å². The zero-order chi connectivity index (χ0) is 10.8. The van der Waals surface area contributed by atoms with Gasteiger partial charge in [0.15, 0.2) is 0 Å². The van der Waals surface area contributed by atoms with Crippen LogP contribution in [0.3, 0.4) is 0 Å². The monoisotopic (exact) mass is 207 g/mol. The van der Waals surface area contributed by atoms with Gasteiger partial charge in [-0.25, -0.2) is 9.97 Å². The van der Waals surface area contributed by atoms with E-state index in [9.17, 15) is 0 Å². The number of aromatic nitrogens is 3. The third-order valence-electron chi connectivity index (χ3n) is 2.50. The van der Waals surface area contributed by atoms with Crippen molar-refractivity contribution in [2.45, 2.75) is 0 Å². The predicted molar refractivity (Wildman–Crippen MR) is 62.8 cm³/mol. The lowest BCUT2D eigenvalue weighted by molar-refractivity contribution is 1.16. The maximum absolute atomic E-state index is 4.39. The molecule has 0 bridgehead atoms. The molecule has 2 aromatic heterocycles. The Labute approximate surface area is 92.8 Å². The van der Waals surface area contributed by atoms with Crippen molar-refractivity contribution < 1.29 is 0 Å². The molecule has 3 nitrogen and oxygen atoms in total. The van der Waals surface area contributed by atoms with Gasteiger partial charge in [-0.1, -0.05) is 24.3 Å². The summed E-state index contributed by atoms with van der Waals surface area (Å²) in [5, 5.41) is 2.29. The lowest BCUT2D eigenvalue weighted by atomic mass is 10.1. The molecule has 0 aliphatic heterocycles. The van der Waals surface area contributed by atoms with E-state index in [1.165, 1.54) is 5.39 Å². The molecule has 3 heteroatoms. The predicted octanol–water partition coefficient (Wildman–Crippen LogP) is 2.69. The Hall–Kier alpha value is -2.29. The summed E-state index contributed by atoms with van der Waals surface area (Å²) in [6.07, 6.45) is 5.07. The van der Waals surface area contributed by atoms with E-state index in [0.717, 1.165) is 16.8 Å². The molecule has 0 unspecified atom stereocenters. The van der Waals surface area contributed by atoms with E-state index in [-0.39, 0.29) is 0 Å². The first-order valence-electron chi connectivity index (χ1n) is 5.05. The van der Waals surface area contributed by atoms with Gasteiger partial charge < -0.3 is 0 Å². The molecule has 0 N–H and O–H groups in total. The summed E-state index contributed by atoms with van der Waals surface area (Å²) in [6.45, 7) is 0. The average molecular weight is 207 g/mol. The highest BCUT2D eigenvalue weighted by Gasteiger charge is 2.04. The normalized spacial score (nSPS) is 10.5. The van der Waals surface area contributed by atoms with Gasteiger partial charge in [0.25, 0.3) is 0 Å². The Kier molecular flexibility index (Phi) is 2.07. The second-order valence-electron chi connectivity index (χ2n) is 3.48. The smallest absolute Gasteiger partial charge is 0.116 e. The molecule has 3 aromatic rings. The van der Waals surface area contributed by atoms with Gasteiger partial charge in [-0.05, 0) is 17.5 Å². The third-order valence-corrected chi connectivity index (χ3v) is 2.50. The fraction of sp³-hybridized carbons (Fsp3) is 0. The van der Waals surface area contributed by atoms with Gasteiger partial charge in [0.2, 0.25) is 0 Å². The van der Waals surface area contributed by atoms with E-state index >= 15 is 0 Å². The molecular weight excluding hydrogens is 198 g/mol. The van der Waals surface area contributed by atoms with Crippen LogP contribution in [-0.4, -0.2) is 15.0 Å². The van der Waals surface area contributed by atoms with E-state index in [4.69, 9.17) is 0 Å². The summed E-state index contributed by atoms with van der Waals surface area (Å²) in [5.74, 6) is 0. The van der Waals surface area contributed by atoms with Crippen molar-refractivity contribution in [3.63, 3.8) is 0 Å². The first kappa shape index (κ1) is 8.97. The molecule has 0 spiro atoms. The quantitative estimate of drug-likeness (QED) is 0.615. The van der Waals surface area contributed by atoms with E-state index in [1.54, 1.807) is 18.7 Å². The molecule has 0 aliphatic rings. The number of hydrogen-bond donors (Lipinski definition) is 0. The molecule has 0 aliphatic carbocycles. The summed E-state index contributed by atoms with van der Waals surface area (Å²) < 4.78 is 0. The van der Waals surface area contributed by atoms with Gasteiger partial charge in [0, 0.05) is 17.8 Å². The minimum atomic E-state index is 0.854. The van der Waals surface area contributed by atoms with Crippen molar-refractivity contribution in [3.8, 4) is 11.4 Å². The Bertz CT molecular complexity index is 615. The lowest BCUT2D eigenvalue weighted by Gasteiger charge is -2.03. The summed E-state index contributed by atoms with van der Waals surface area (Å²) in [5.41, 5.74) is 1.76. The van der Waals surface area contributed by atoms with Crippen LogP contribution in [-0.2, 0) is 0 Å². The molecular formula is C13H9N3.